The molecule has 1 aromatic carbocycles. The van der Waals surface area contributed by atoms with Crippen molar-refractivity contribution in [3.05, 3.63) is 28.5 Å². The van der Waals surface area contributed by atoms with Crippen LogP contribution in [-0.2, 0) is 10.2 Å². The second kappa shape index (κ2) is 7.77. The number of carbonyl (C=O) groups excluding carboxylic acids is 2. The Morgan fingerprint density at radius 1 is 1.29 bits per heavy atom. The van der Waals surface area contributed by atoms with Gasteiger partial charge in [-0.05, 0) is 26.0 Å². The molecule has 3 N–H and O–H groups in total. The first kappa shape index (κ1) is 20.1. The van der Waals surface area contributed by atoms with Gasteiger partial charge in [0.1, 0.15) is 5.82 Å². The Bertz CT molecular complexity index is 755. The van der Waals surface area contributed by atoms with Crippen molar-refractivity contribution in [2.75, 3.05) is 19.4 Å². The fourth-order valence-electron chi connectivity index (χ4n) is 1.53. The molecule has 1 rings (SSSR count). The van der Waals surface area contributed by atoms with Crippen molar-refractivity contribution in [2.45, 2.75) is 19.9 Å². The van der Waals surface area contributed by atoms with Gasteiger partial charge >= 0.3 is 16.2 Å². The second-order valence-electron chi connectivity index (χ2n) is 5.06. The summed E-state index contributed by atoms with van der Waals surface area (Å²) in [5.41, 5.74) is -0.622. The van der Waals surface area contributed by atoms with Crippen LogP contribution in [0.25, 0.3) is 0 Å². The number of carbonyl (C=O) groups is 2. The molecular weight excluding hydrogens is 363 g/mol. The highest BCUT2D eigenvalue weighted by atomic mass is 35.5. The summed E-state index contributed by atoms with van der Waals surface area (Å²) in [6.07, 6.45) is 0. The summed E-state index contributed by atoms with van der Waals surface area (Å²) in [6, 6.07) is 0.660. The minimum atomic E-state index is -4.09. The molecule has 0 radical (unpaired) electrons. The van der Waals surface area contributed by atoms with Crippen molar-refractivity contribution in [3.63, 3.8) is 0 Å². The average Bonchev–Trinajstić information content (AvgIpc) is 2.48. The van der Waals surface area contributed by atoms with Crippen LogP contribution in [0, 0.1) is 5.82 Å². The third-order valence-corrected chi connectivity index (χ3v) is 5.04. The highest BCUT2D eigenvalue weighted by Crippen LogP contribution is 2.24. The lowest BCUT2D eigenvalue weighted by atomic mass is 10.2. The molecule has 0 aliphatic carbocycles. The lowest BCUT2D eigenvalue weighted by Gasteiger charge is -2.21. The first-order valence-electron chi connectivity index (χ1n) is 6.77. The summed E-state index contributed by atoms with van der Waals surface area (Å²) < 4.78 is 40.6. The van der Waals surface area contributed by atoms with Gasteiger partial charge in [0.05, 0.1) is 16.3 Å². The van der Waals surface area contributed by atoms with Gasteiger partial charge in [-0.3, -0.25) is 4.79 Å². The molecule has 3 amide bonds. The molecular formula is C13H18ClFN4O4S. The monoisotopic (exact) mass is 380 g/mol. The van der Waals surface area contributed by atoms with Crippen LogP contribution in [0.5, 0.6) is 0 Å². The number of halogens is 2. The van der Waals surface area contributed by atoms with Gasteiger partial charge in [-0.1, -0.05) is 11.6 Å². The van der Waals surface area contributed by atoms with Crippen molar-refractivity contribution >= 4 is 39.4 Å². The molecule has 0 aliphatic heterocycles. The van der Waals surface area contributed by atoms with Gasteiger partial charge < -0.3 is 10.6 Å². The topological polar surface area (TPSA) is 108 Å². The summed E-state index contributed by atoms with van der Waals surface area (Å²) in [6.45, 7) is 3.25. The van der Waals surface area contributed by atoms with E-state index in [2.05, 4.69) is 10.6 Å². The second-order valence-corrected chi connectivity index (χ2v) is 7.20. The van der Waals surface area contributed by atoms with E-state index in [9.17, 15) is 22.4 Å². The zero-order chi connectivity index (χ0) is 18.7. The van der Waals surface area contributed by atoms with Gasteiger partial charge in [0, 0.05) is 20.1 Å². The summed E-state index contributed by atoms with van der Waals surface area (Å²) in [7, 11) is -1.47. The predicted octanol–water partition coefficient (Wildman–Crippen LogP) is 1.55. The van der Waals surface area contributed by atoms with Gasteiger partial charge in [0.25, 0.3) is 5.91 Å². The Hall–Kier alpha value is -1.91. The number of nitrogens with zero attached hydrogens (tertiary/aromatic N) is 1. The number of rotatable bonds is 5. The third-order valence-electron chi connectivity index (χ3n) is 3.10. The molecule has 0 saturated heterocycles. The maximum atomic E-state index is 13.8. The Labute approximate surface area is 144 Å². The van der Waals surface area contributed by atoms with Gasteiger partial charge in [0.2, 0.25) is 0 Å². The minimum Gasteiger partial charge on any atom is -0.341 e. The molecule has 0 atom stereocenters. The molecule has 0 bridgehead atoms. The fraction of sp³-hybridized carbons (Fsp3) is 0.385. The average molecular weight is 381 g/mol. The molecule has 0 spiro atoms. The molecule has 0 aromatic heterocycles. The first-order chi connectivity index (χ1) is 11.0. The van der Waals surface area contributed by atoms with Crippen LogP contribution in [0.3, 0.4) is 0 Å². The number of urea groups is 1. The van der Waals surface area contributed by atoms with Crippen LogP contribution in [0.2, 0.25) is 5.02 Å². The van der Waals surface area contributed by atoms with Crippen molar-refractivity contribution in [1.29, 1.82) is 0 Å². The van der Waals surface area contributed by atoms with Crippen LogP contribution < -0.4 is 15.4 Å². The summed E-state index contributed by atoms with van der Waals surface area (Å²) in [5.74, 6) is -1.92. The summed E-state index contributed by atoms with van der Waals surface area (Å²) >= 11 is 5.80. The quantitative estimate of drug-likeness (QED) is 0.720. The Morgan fingerprint density at radius 2 is 1.88 bits per heavy atom. The van der Waals surface area contributed by atoms with E-state index in [0.29, 0.717) is 0 Å². The van der Waals surface area contributed by atoms with E-state index in [-0.39, 0.29) is 22.3 Å². The standard InChI is InChI=1S/C13H18ClFN4O4S/c1-7(2)19(4)24(22,23)18-12(20)8-5-11(17-13(21)16-3)10(15)6-9(8)14/h5-7H,1-4H3,(H,18,20)(H2,16,17,21). The molecule has 8 nitrogen and oxygen atoms in total. The number of hydrogen-bond acceptors (Lipinski definition) is 4. The molecule has 134 valence electrons. The first-order valence-corrected chi connectivity index (χ1v) is 8.59. The van der Waals surface area contributed by atoms with Crippen molar-refractivity contribution in [1.82, 2.24) is 14.3 Å². The van der Waals surface area contributed by atoms with Crippen LogP contribution in [0.4, 0.5) is 14.9 Å². The zero-order valence-corrected chi connectivity index (χ0v) is 15.0. The smallest absolute Gasteiger partial charge is 0.319 e. The molecule has 0 fully saturated rings. The number of nitrogens with one attached hydrogen (secondary N) is 3. The van der Waals surface area contributed by atoms with E-state index in [4.69, 9.17) is 11.6 Å². The van der Waals surface area contributed by atoms with E-state index >= 15 is 0 Å². The van der Waals surface area contributed by atoms with Crippen molar-refractivity contribution in [3.8, 4) is 0 Å². The highest BCUT2D eigenvalue weighted by Gasteiger charge is 2.25. The normalized spacial score (nSPS) is 11.5. The molecule has 0 heterocycles. The SMILES string of the molecule is CNC(=O)Nc1cc(C(=O)NS(=O)(=O)N(C)C(C)C)c(Cl)cc1F. The maximum absolute atomic E-state index is 13.8. The van der Waals surface area contributed by atoms with Crippen LogP contribution >= 0.6 is 11.6 Å². The summed E-state index contributed by atoms with van der Waals surface area (Å²) in [4.78, 5) is 23.4. The van der Waals surface area contributed by atoms with E-state index in [1.165, 1.54) is 14.1 Å². The van der Waals surface area contributed by atoms with Gasteiger partial charge in [-0.2, -0.15) is 12.7 Å². The van der Waals surface area contributed by atoms with E-state index in [1.54, 1.807) is 13.8 Å². The molecule has 1 aromatic rings. The van der Waals surface area contributed by atoms with Crippen LogP contribution in [0.1, 0.15) is 24.2 Å². The van der Waals surface area contributed by atoms with Crippen molar-refractivity contribution in [2.24, 2.45) is 0 Å². The fourth-order valence-corrected chi connectivity index (χ4v) is 2.80. The minimum absolute atomic E-state index is 0.296. The van der Waals surface area contributed by atoms with Crippen LogP contribution in [-0.4, -0.2) is 44.8 Å². The number of anilines is 1. The number of hydrogen-bond donors (Lipinski definition) is 3. The van der Waals surface area contributed by atoms with Gasteiger partial charge in [-0.25, -0.2) is 13.9 Å². The highest BCUT2D eigenvalue weighted by molar-refractivity contribution is 7.87. The number of benzene rings is 1. The molecule has 0 aliphatic rings. The largest absolute Gasteiger partial charge is 0.341 e. The Kier molecular flexibility index (Phi) is 6.52. The lowest BCUT2D eigenvalue weighted by Crippen LogP contribution is -2.44. The lowest BCUT2D eigenvalue weighted by molar-refractivity contribution is 0.0979. The van der Waals surface area contributed by atoms with Gasteiger partial charge in [0.15, 0.2) is 0 Å². The Morgan fingerprint density at radius 3 is 2.38 bits per heavy atom. The summed E-state index contributed by atoms with van der Waals surface area (Å²) in [5, 5.41) is 4.08. The van der Waals surface area contributed by atoms with Crippen molar-refractivity contribution < 1.29 is 22.4 Å². The van der Waals surface area contributed by atoms with Gasteiger partial charge in [-0.15, -0.1) is 0 Å². The zero-order valence-electron chi connectivity index (χ0n) is 13.5. The van der Waals surface area contributed by atoms with E-state index in [0.717, 1.165) is 16.4 Å². The Balaban J connectivity index is 3.15. The van der Waals surface area contributed by atoms with E-state index < -0.39 is 28.0 Å². The maximum Gasteiger partial charge on any atom is 0.319 e. The molecule has 0 saturated carbocycles. The van der Waals surface area contributed by atoms with Crippen LogP contribution in [0.15, 0.2) is 12.1 Å². The van der Waals surface area contributed by atoms with E-state index in [1.807, 2.05) is 4.72 Å². The molecule has 11 heteroatoms. The molecule has 24 heavy (non-hydrogen) atoms. The predicted molar refractivity (Wildman–Crippen MR) is 88.8 cm³/mol. The number of amides is 3. The molecule has 0 unspecified atom stereocenters. The third kappa shape index (κ3) is 4.79.